The van der Waals surface area contributed by atoms with E-state index < -0.39 is 30.3 Å². The number of hydrogen-bond acceptors (Lipinski definition) is 2. The van der Waals surface area contributed by atoms with Gasteiger partial charge in [0.1, 0.15) is 0 Å². The van der Waals surface area contributed by atoms with E-state index in [4.69, 9.17) is 10.8 Å². The number of alkyl halides is 5. The van der Waals surface area contributed by atoms with Gasteiger partial charge in [-0.3, -0.25) is 0 Å². The van der Waals surface area contributed by atoms with Gasteiger partial charge in [-0.15, -0.1) is 0 Å². The van der Waals surface area contributed by atoms with Crippen LogP contribution in [-0.2, 0) is 5.92 Å². The zero-order chi connectivity index (χ0) is 13.3. The molecular formula is C10H10F5NO. The Hall–Kier alpha value is -1.21. The van der Waals surface area contributed by atoms with Gasteiger partial charge in [0.05, 0.1) is 12.6 Å². The normalized spacial score (nSPS) is 14.8. The molecule has 0 heterocycles. The van der Waals surface area contributed by atoms with Crippen LogP contribution < -0.4 is 5.73 Å². The molecule has 2 nitrogen and oxygen atoms in total. The van der Waals surface area contributed by atoms with E-state index in [9.17, 15) is 22.0 Å². The van der Waals surface area contributed by atoms with Crippen molar-refractivity contribution in [3.8, 4) is 0 Å². The predicted octanol–water partition coefficient (Wildman–Crippen LogP) is 2.33. The second-order valence-electron chi connectivity index (χ2n) is 3.48. The Labute approximate surface area is 93.9 Å². The van der Waals surface area contributed by atoms with E-state index in [0.717, 1.165) is 12.1 Å². The van der Waals surface area contributed by atoms with Crippen LogP contribution in [0.15, 0.2) is 24.3 Å². The van der Waals surface area contributed by atoms with Gasteiger partial charge in [-0.05, 0) is 5.56 Å². The molecule has 0 bridgehead atoms. The van der Waals surface area contributed by atoms with Crippen LogP contribution in [0.25, 0.3) is 0 Å². The summed E-state index contributed by atoms with van der Waals surface area (Å²) in [6.45, 7) is -0.422. The third-order valence-electron chi connectivity index (χ3n) is 2.25. The van der Waals surface area contributed by atoms with E-state index in [-0.39, 0.29) is 5.56 Å². The van der Waals surface area contributed by atoms with Gasteiger partial charge in [-0.25, -0.2) is 0 Å². The van der Waals surface area contributed by atoms with Crippen LogP contribution in [0.5, 0.6) is 0 Å². The molecule has 0 aliphatic heterocycles. The molecule has 0 saturated heterocycles. The van der Waals surface area contributed by atoms with Gasteiger partial charge in [0.25, 0.3) is 0 Å². The smallest absolute Gasteiger partial charge is 0.394 e. The first-order valence-electron chi connectivity index (χ1n) is 4.61. The molecule has 7 heteroatoms. The lowest BCUT2D eigenvalue weighted by Gasteiger charge is -2.20. The molecule has 1 atom stereocenters. The van der Waals surface area contributed by atoms with Crippen molar-refractivity contribution in [3.05, 3.63) is 35.4 Å². The summed E-state index contributed by atoms with van der Waals surface area (Å²) in [6, 6.07) is 2.58. The first-order chi connectivity index (χ1) is 7.70. The van der Waals surface area contributed by atoms with Crippen LogP contribution >= 0.6 is 0 Å². The number of rotatable bonds is 3. The lowest BCUT2D eigenvalue weighted by atomic mass is 10.0. The lowest BCUT2D eigenvalue weighted by molar-refractivity contribution is -0.289. The fourth-order valence-electron chi connectivity index (χ4n) is 1.21. The maximum absolute atomic E-state index is 12.9. The molecule has 1 unspecified atom stereocenters. The monoisotopic (exact) mass is 255 g/mol. The quantitative estimate of drug-likeness (QED) is 0.814. The summed E-state index contributed by atoms with van der Waals surface area (Å²) in [4.78, 5) is 0. The van der Waals surface area contributed by atoms with Gasteiger partial charge in [-0.1, -0.05) is 24.3 Å². The minimum Gasteiger partial charge on any atom is -0.394 e. The minimum atomic E-state index is -5.63. The summed E-state index contributed by atoms with van der Waals surface area (Å²) in [6.07, 6.45) is -5.63. The Morgan fingerprint density at radius 2 is 1.53 bits per heavy atom. The Kier molecular flexibility index (Phi) is 3.73. The van der Waals surface area contributed by atoms with Gasteiger partial charge in [0.15, 0.2) is 0 Å². The number of nitrogens with two attached hydrogens (primary N) is 1. The molecule has 3 N–H and O–H groups in total. The fraction of sp³-hybridized carbons (Fsp3) is 0.400. The highest BCUT2D eigenvalue weighted by Gasteiger charge is 2.58. The van der Waals surface area contributed by atoms with E-state index in [1.54, 1.807) is 0 Å². The van der Waals surface area contributed by atoms with Gasteiger partial charge in [0, 0.05) is 5.56 Å². The molecule has 0 spiro atoms. The number of aliphatic hydroxyl groups excluding tert-OH is 1. The molecule has 17 heavy (non-hydrogen) atoms. The van der Waals surface area contributed by atoms with Crippen LogP contribution in [0, 0.1) is 0 Å². The van der Waals surface area contributed by atoms with Crippen molar-refractivity contribution in [2.24, 2.45) is 5.73 Å². The molecular weight excluding hydrogens is 245 g/mol. The van der Waals surface area contributed by atoms with Gasteiger partial charge >= 0.3 is 12.1 Å². The number of halogens is 5. The standard InChI is InChI=1S/C10H10F5NO/c11-9(12,10(13,14)15)7-3-1-6(2-4-7)8(16)5-17/h1-4,8,17H,5,16H2. The highest BCUT2D eigenvalue weighted by molar-refractivity contribution is 5.28. The first-order valence-corrected chi connectivity index (χ1v) is 4.61. The fourth-order valence-corrected chi connectivity index (χ4v) is 1.21. The topological polar surface area (TPSA) is 46.2 Å². The van der Waals surface area contributed by atoms with Gasteiger partial charge < -0.3 is 10.8 Å². The van der Waals surface area contributed by atoms with E-state index in [0.29, 0.717) is 12.1 Å². The zero-order valence-corrected chi connectivity index (χ0v) is 8.51. The SMILES string of the molecule is NC(CO)c1ccc(C(F)(F)C(F)(F)F)cc1. The molecule has 0 aliphatic rings. The van der Waals surface area contributed by atoms with Crippen molar-refractivity contribution in [3.63, 3.8) is 0 Å². The predicted molar refractivity (Wildman–Crippen MR) is 50.4 cm³/mol. The second kappa shape index (κ2) is 4.58. The molecule has 1 aromatic carbocycles. The Balaban J connectivity index is 3.03. The van der Waals surface area contributed by atoms with Crippen molar-refractivity contribution < 1.29 is 27.1 Å². The maximum atomic E-state index is 12.9. The van der Waals surface area contributed by atoms with Crippen molar-refractivity contribution in [1.29, 1.82) is 0 Å². The summed E-state index contributed by atoms with van der Waals surface area (Å²) in [5, 5.41) is 8.69. The Morgan fingerprint density at radius 1 is 1.06 bits per heavy atom. The lowest BCUT2D eigenvalue weighted by Crippen LogP contribution is -2.33. The van der Waals surface area contributed by atoms with E-state index >= 15 is 0 Å². The van der Waals surface area contributed by atoms with Crippen molar-refractivity contribution in [2.75, 3.05) is 6.61 Å². The summed E-state index contributed by atoms with van der Waals surface area (Å²) in [7, 11) is 0. The number of hydrogen-bond donors (Lipinski definition) is 2. The van der Waals surface area contributed by atoms with E-state index in [2.05, 4.69) is 0 Å². The average molecular weight is 255 g/mol. The summed E-state index contributed by atoms with van der Waals surface area (Å²) >= 11 is 0. The van der Waals surface area contributed by atoms with Crippen molar-refractivity contribution >= 4 is 0 Å². The highest BCUT2D eigenvalue weighted by atomic mass is 19.4. The van der Waals surface area contributed by atoms with Crippen LogP contribution in [0.1, 0.15) is 17.2 Å². The molecule has 0 radical (unpaired) electrons. The summed E-state index contributed by atoms with van der Waals surface area (Å²) < 4.78 is 61.8. The number of aliphatic hydroxyl groups is 1. The first kappa shape index (κ1) is 13.9. The van der Waals surface area contributed by atoms with Gasteiger partial charge in [0.2, 0.25) is 0 Å². The van der Waals surface area contributed by atoms with Crippen molar-refractivity contribution in [1.82, 2.24) is 0 Å². The highest BCUT2D eigenvalue weighted by Crippen LogP contribution is 2.43. The third-order valence-corrected chi connectivity index (χ3v) is 2.25. The average Bonchev–Trinajstić information content (AvgIpc) is 2.26. The minimum absolute atomic E-state index is 0.286. The Morgan fingerprint density at radius 3 is 1.88 bits per heavy atom. The maximum Gasteiger partial charge on any atom is 0.458 e. The number of benzene rings is 1. The second-order valence-corrected chi connectivity index (χ2v) is 3.48. The van der Waals surface area contributed by atoms with Crippen molar-refractivity contribution in [2.45, 2.75) is 18.1 Å². The van der Waals surface area contributed by atoms with Crippen LogP contribution in [0.2, 0.25) is 0 Å². The van der Waals surface area contributed by atoms with Crippen LogP contribution in [0.4, 0.5) is 22.0 Å². The molecule has 0 amide bonds. The molecule has 96 valence electrons. The third kappa shape index (κ3) is 2.73. The summed E-state index contributed by atoms with van der Waals surface area (Å²) in [5.74, 6) is -4.89. The molecule has 0 aliphatic carbocycles. The molecule has 0 fully saturated rings. The molecule has 1 rings (SSSR count). The largest absolute Gasteiger partial charge is 0.458 e. The Bertz CT molecular complexity index is 373. The molecule has 0 aromatic heterocycles. The van der Waals surface area contributed by atoms with Crippen LogP contribution in [0.3, 0.4) is 0 Å². The van der Waals surface area contributed by atoms with E-state index in [1.807, 2.05) is 0 Å². The van der Waals surface area contributed by atoms with E-state index in [1.165, 1.54) is 0 Å². The zero-order valence-electron chi connectivity index (χ0n) is 8.51. The summed E-state index contributed by atoms with van der Waals surface area (Å²) in [5.41, 5.74) is 4.51. The molecule has 0 saturated carbocycles. The van der Waals surface area contributed by atoms with Crippen LogP contribution in [-0.4, -0.2) is 17.9 Å². The van der Waals surface area contributed by atoms with Gasteiger partial charge in [-0.2, -0.15) is 22.0 Å². The molecule has 1 aromatic rings.